The Kier molecular flexibility index (Phi) is 3.93. The fourth-order valence-corrected chi connectivity index (χ4v) is 4.33. The van der Waals surface area contributed by atoms with Crippen LogP contribution in [-0.4, -0.2) is 27.8 Å². The molecule has 0 radical (unpaired) electrons. The minimum Gasteiger partial charge on any atom is -0.482 e. The van der Waals surface area contributed by atoms with Crippen LogP contribution in [0.25, 0.3) is 11.3 Å². The van der Waals surface area contributed by atoms with Gasteiger partial charge < -0.3 is 9.64 Å². The maximum atomic E-state index is 15.3. The van der Waals surface area contributed by atoms with E-state index in [0.29, 0.717) is 15.8 Å². The summed E-state index contributed by atoms with van der Waals surface area (Å²) < 4.78 is 23.5. The van der Waals surface area contributed by atoms with Crippen molar-refractivity contribution in [2.75, 3.05) is 11.4 Å². The van der Waals surface area contributed by atoms with Crippen molar-refractivity contribution in [2.45, 2.75) is 25.4 Å². The average Bonchev–Trinajstić information content (AvgIpc) is 3.26. The van der Waals surface area contributed by atoms with Gasteiger partial charge in [0, 0.05) is 14.0 Å². The monoisotopic (exact) mass is 486 g/mol. The maximum Gasteiger partial charge on any atom is 0.224 e. The van der Waals surface area contributed by atoms with E-state index < -0.39 is 11.4 Å². The van der Waals surface area contributed by atoms with Crippen molar-refractivity contribution in [1.82, 2.24) is 9.78 Å². The molecule has 1 aromatic carbocycles. The topological polar surface area (TPSA) is 71.2 Å². The zero-order valence-corrected chi connectivity index (χ0v) is 16.9. The molecular weight excluding hydrogens is 474 g/mol. The lowest BCUT2D eigenvalue weighted by Crippen LogP contribution is -2.44. The molecule has 1 fully saturated rings. The van der Waals surface area contributed by atoms with Crippen LogP contribution in [0.1, 0.15) is 25.3 Å². The van der Waals surface area contributed by atoms with Crippen LogP contribution in [0.3, 0.4) is 0 Å². The van der Waals surface area contributed by atoms with E-state index in [1.54, 1.807) is 13.2 Å². The van der Waals surface area contributed by atoms with E-state index in [9.17, 15) is 10.1 Å². The van der Waals surface area contributed by atoms with Crippen molar-refractivity contribution < 1.29 is 13.9 Å². The second-order valence-electron chi connectivity index (χ2n) is 6.52. The molecule has 0 atom stereocenters. The van der Waals surface area contributed by atoms with Crippen LogP contribution in [0.5, 0.6) is 5.75 Å². The van der Waals surface area contributed by atoms with Crippen molar-refractivity contribution in [1.29, 1.82) is 5.26 Å². The van der Waals surface area contributed by atoms with E-state index in [1.165, 1.54) is 16.5 Å². The molecular formula is C17H13ClFIN4O2. The number of halogens is 3. The Bertz CT molecular complexity index is 990. The molecule has 1 spiro atoms. The molecule has 1 saturated carbocycles. The normalized spacial score (nSPS) is 16.8. The number of benzene rings is 1. The Labute approximate surface area is 167 Å². The number of aryl methyl sites for hydroxylation is 1. The van der Waals surface area contributed by atoms with E-state index in [4.69, 9.17) is 16.3 Å². The van der Waals surface area contributed by atoms with Crippen molar-refractivity contribution >= 4 is 45.8 Å². The number of amides is 1. The molecule has 0 unspecified atom stereocenters. The number of ether oxygens (including phenoxy) is 1. The first kappa shape index (κ1) is 17.5. The molecule has 4 rings (SSSR count). The lowest BCUT2D eigenvalue weighted by Gasteiger charge is -2.36. The van der Waals surface area contributed by atoms with E-state index in [0.717, 1.165) is 12.8 Å². The molecule has 1 aliphatic carbocycles. The SMILES string of the molecule is CC(=O)N1CC2(CC2)Oc2c(C#N)c(-c3c(I)cnn3C)c(F)c(Cl)c21. The van der Waals surface area contributed by atoms with Gasteiger partial charge in [0.05, 0.1) is 27.6 Å². The van der Waals surface area contributed by atoms with E-state index in [2.05, 4.69) is 11.2 Å². The number of nitriles is 1. The standard InChI is InChI=1S/C17H13ClFIN4O2/c1-8(25)24-7-17(3-4-17)26-16-9(5-21)11(13(19)12(18)15(16)24)14-10(20)6-22-23(14)2/h6H,3-4,7H2,1-2H3. The Morgan fingerprint density at radius 1 is 1.54 bits per heavy atom. The second kappa shape index (κ2) is 5.82. The number of nitrogens with zero attached hydrogens (tertiary/aromatic N) is 4. The third kappa shape index (κ3) is 2.41. The summed E-state index contributed by atoms with van der Waals surface area (Å²) in [4.78, 5) is 13.6. The lowest BCUT2D eigenvalue weighted by atomic mass is 9.99. The molecule has 26 heavy (non-hydrogen) atoms. The summed E-state index contributed by atoms with van der Waals surface area (Å²) in [6.07, 6.45) is 3.12. The molecule has 134 valence electrons. The zero-order chi connectivity index (χ0) is 18.8. The van der Waals surface area contributed by atoms with Crippen LogP contribution in [-0.2, 0) is 11.8 Å². The minimum atomic E-state index is -0.759. The van der Waals surface area contributed by atoms with Gasteiger partial charge in [-0.05, 0) is 35.4 Å². The number of carbonyl (C=O) groups excluding carboxylic acids is 1. The molecule has 1 amide bonds. The van der Waals surface area contributed by atoms with Crippen molar-refractivity contribution in [2.24, 2.45) is 7.05 Å². The number of rotatable bonds is 1. The summed E-state index contributed by atoms with van der Waals surface area (Å²) in [6, 6.07) is 2.05. The van der Waals surface area contributed by atoms with E-state index in [-0.39, 0.29) is 33.5 Å². The molecule has 1 aromatic heterocycles. The van der Waals surface area contributed by atoms with Crippen LogP contribution in [0.15, 0.2) is 6.20 Å². The highest BCUT2D eigenvalue weighted by Crippen LogP contribution is 2.54. The third-order valence-corrected chi connectivity index (χ3v) is 5.91. The van der Waals surface area contributed by atoms with Crippen LogP contribution < -0.4 is 9.64 Å². The van der Waals surface area contributed by atoms with Crippen LogP contribution in [0, 0.1) is 20.7 Å². The molecule has 2 aliphatic rings. The molecule has 6 nitrogen and oxygen atoms in total. The molecule has 0 N–H and O–H groups in total. The fraction of sp³-hybridized carbons (Fsp3) is 0.353. The first-order chi connectivity index (χ1) is 12.3. The summed E-state index contributed by atoms with van der Waals surface area (Å²) >= 11 is 8.36. The number of anilines is 1. The Morgan fingerprint density at radius 3 is 2.73 bits per heavy atom. The predicted octanol–water partition coefficient (Wildman–Crippen LogP) is 3.63. The van der Waals surface area contributed by atoms with Crippen LogP contribution in [0.2, 0.25) is 5.02 Å². The highest BCUT2D eigenvalue weighted by molar-refractivity contribution is 14.1. The number of fused-ring (bicyclic) bond motifs is 1. The molecule has 2 aromatic rings. The van der Waals surface area contributed by atoms with Crippen LogP contribution in [0.4, 0.5) is 10.1 Å². The summed E-state index contributed by atoms with van der Waals surface area (Å²) in [5.74, 6) is -0.858. The smallest absolute Gasteiger partial charge is 0.224 e. The molecule has 1 aliphatic heterocycles. The van der Waals surface area contributed by atoms with Gasteiger partial charge in [0.15, 0.2) is 11.6 Å². The summed E-state index contributed by atoms with van der Waals surface area (Å²) in [6.45, 7) is 1.70. The third-order valence-electron chi connectivity index (χ3n) is 4.78. The second-order valence-corrected chi connectivity index (χ2v) is 8.06. The minimum absolute atomic E-state index is 0.0284. The zero-order valence-electron chi connectivity index (χ0n) is 13.9. The highest BCUT2D eigenvalue weighted by Gasteiger charge is 2.53. The van der Waals surface area contributed by atoms with Gasteiger partial charge in [0.25, 0.3) is 0 Å². The molecule has 0 saturated heterocycles. The van der Waals surface area contributed by atoms with Gasteiger partial charge in [0.1, 0.15) is 27.9 Å². The first-order valence-electron chi connectivity index (χ1n) is 7.89. The molecule has 9 heteroatoms. The van der Waals surface area contributed by atoms with Crippen molar-refractivity contribution in [3.8, 4) is 23.1 Å². The van der Waals surface area contributed by atoms with Gasteiger partial charge >= 0.3 is 0 Å². The fourth-order valence-electron chi connectivity index (χ4n) is 3.30. The van der Waals surface area contributed by atoms with Gasteiger partial charge in [-0.25, -0.2) is 4.39 Å². The van der Waals surface area contributed by atoms with Gasteiger partial charge in [-0.1, -0.05) is 11.6 Å². The average molecular weight is 487 g/mol. The van der Waals surface area contributed by atoms with E-state index in [1.807, 2.05) is 22.6 Å². The highest BCUT2D eigenvalue weighted by atomic mass is 127. The van der Waals surface area contributed by atoms with Gasteiger partial charge in [-0.3, -0.25) is 9.48 Å². The van der Waals surface area contributed by atoms with Gasteiger partial charge in [-0.2, -0.15) is 10.4 Å². The first-order valence-corrected chi connectivity index (χ1v) is 9.35. The van der Waals surface area contributed by atoms with Crippen molar-refractivity contribution in [3.63, 3.8) is 0 Å². The van der Waals surface area contributed by atoms with Gasteiger partial charge in [-0.15, -0.1) is 0 Å². The lowest BCUT2D eigenvalue weighted by molar-refractivity contribution is -0.117. The van der Waals surface area contributed by atoms with E-state index >= 15 is 4.39 Å². The number of aromatic nitrogens is 2. The Hall–Kier alpha value is -1.86. The predicted molar refractivity (Wildman–Crippen MR) is 102 cm³/mol. The number of hydrogen-bond donors (Lipinski definition) is 0. The quantitative estimate of drug-likeness (QED) is 0.577. The largest absolute Gasteiger partial charge is 0.482 e. The number of carbonyl (C=O) groups is 1. The van der Waals surface area contributed by atoms with Crippen LogP contribution >= 0.6 is 34.2 Å². The molecule has 2 heterocycles. The van der Waals surface area contributed by atoms with Crippen molar-refractivity contribution in [3.05, 3.63) is 26.2 Å². The summed E-state index contributed by atoms with van der Waals surface area (Å²) in [7, 11) is 1.66. The Morgan fingerprint density at radius 2 is 2.23 bits per heavy atom. The molecule has 0 bridgehead atoms. The summed E-state index contributed by atoms with van der Waals surface area (Å²) in [5, 5.41) is 13.7. The Balaban J connectivity index is 2.08. The number of hydrogen-bond acceptors (Lipinski definition) is 4. The summed E-state index contributed by atoms with van der Waals surface area (Å²) in [5.41, 5.74) is 0.134. The maximum absolute atomic E-state index is 15.3. The van der Waals surface area contributed by atoms with Gasteiger partial charge in [0.2, 0.25) is 5.91 Å².